The third kappa shape index (κ3) is 2.94. The molecule has 1 atom stereocenters. The fourth-order valence-corrected chi connectivity index (χ4v) is 2.11. The Morgan fingerprint density at radius 1 is 1.11 bits per heavy atom. The molecule has 1 rings (SSSR count). The smallest absolute Gasteiger partial charge is 0.123 e. The SMILES string of the molecule is CNC(c1cc(OC)ccc1OC)C(C)(C)NC. The molecule has 0 fully saturated rings. The molecular weight excluding hydrogens is 228 g/mol. The van der Waals surface area contributed by atoms with Gasteiger partial charge in [-0.25, -0.2) is 0 Å². The van der Waals surface area contributed by atoms with Crippen LogP contribution in [-0.2, 0) is 0 Å². The molecule has 0 aliphatic rings. The lowest BCUT2D eigenvalue weighted by Crippen LogP contribution is -2.47. The third-order valence-electron chi connectivity index (χ3n) is 3.40. The number of hydrogen-bond donors (Lipinski definition) is 2. The normalized spacial score (nSPS) is 13.2. The summed E-state index contributed by atoms with van der Waals surface area (Å²) in [5.41, 5.74) is 0.979. The molecule has 0 spiro atoms. The van der Waals surface area contributed by atoms with E-state index < -0.39 is 0 Å². The maximum absolute atomic E-state index is 5.44. The van der Waals surface area contributed by atoms with E-state index in [2.05, 4.69) is 24.5 Å². The van der Waals surface area contributed by atoms with E-state index >= 15 is 0 Å². The van der Waals surface area contributed by atoms with Gasteiger partial charge in [-0.2, -0.15) is 0 Å². The van der Waals surface area contributed by atoms with E-state index in [1.165, 1.54) is 0 Å². The Morgan fingerprint density at radius 3 is 2.22 bits per heavy atom. The second kappa shape index (κ2) is 6.07. The first-order valence-electron chi connectivity index (χ1n) is 6.08. The van der Waals surface area contributed by atoms with Crippen molar-refractivity contribution in [2.45, 2.75) is 25.4 Å². The van der Waals surface area contributed by atoms with Gasteiger partial charge >= 0.3 is 0 Å². The molecule has 102 valence electrons. The van der Waals surface area contributed by atoms with Crippen LogP contribution in [-0.4, -0.2) is 33.9 Å². The average Bonchev–Trinajstić information content (AvgIpc) is 2.39. The molecule has 4 heteroatoms. The monoisotopic (exact) mass is 252 g/mol. The summed E-state index contributed by atoms with van der Waals surface area (Å²) in [6, 6.07) is 5.97. The summed E-state index contributed by atoms with van der Waals surface area (Å²) < 4.78 is 10.7. The first-order valence-corrected chi connectivity index (χ1v) is 6.08. The Bertz CT molecular complexity index is 391. The first-order chi connectivity index (χ1) is 8.50. The summed E-state index contributed by atoms with van der Waals surface area (Å²) in [5, 5.41) is 6.66. The number of hydrogen-bond acceptors (Lipinski definition) is 4. The topological polar surface area (TPSA) is 42.5 Å². The van der Waals surface area contributed by atoms with Gasteiger partial charge in [0.15, 0.2) is 0 Å². The van der Waals surface area contributed by atoms with Crippen LogP contribution in [0.4, 0.5) is 0 Å². The molecule has 0 amide bonds. The number of likely N-dealkylation sites (N-methyl/N-ethyl adjacent to an activating group) is 2. The Balaban J connectivity index is 3.26. The van der Waals surface area contributed by atoms with E-state index in [0.29, 0.717) is 0 Å². The molecule has 2 N–H and O–H groups in total. The molecule has 0 radical (unpaired) electrons. The third-order valence-corrected chi connectivity index (χ3v) is 3.40. The summed E-state index contributed by atoms with van der Waals surface area (Å²) >= 11 is 0. The summed E-state index contributed by atoms with van der Waals surface area (Å²) in [6.07, 6.45) is 0. The molecule has 0 saturated heterocycles. The van der Waals surface area contributed by atoms with E-state index in [1.54, 1.807) is 14.2 Å². The van der Waals surface area contributed by atoms with Crippen LogP contribution in [0, 0.1) is 0 Å². The summed E-state index contributed by atoms with van der Waals surface area (Å²) in [5.74, 6) is 1.69. The zero-order chi connectivity index (χ0) is 13.8. The van der Waals surface area contributed by atoms with Crippen LogP contribution in [0.5, 0.6) is 11.5 Å². The van der Waals surface area contributed by atoms with Crippen LogP contribution in [0.25, 0.3) is 0 Å². The van der Waals surface area contributed by atoms with E-state index in [4.69, 9.17) is 9.47 Å². The molecule has 0 heterocycles. The van der Waals surface area contributed by atoms with Gasteiger partial charge in [0.2, 0.25) is 0 Å². The Kier molecular flexibility index (Phi) is 4.99. The molecular formula is C14H24N2O2. The molecule has 4 nitrogen and oxygen atoms in total. The number of rotatable bonds is 6. The minimum Gasteiger partial charge on any atom is -0.497 e. The van der Waals surface area contributed by atoms with Crippen LogP contribution in [0.2, 0.25) is 0 Å². The lowest BCUT2D eigenvalue weighted by Gasteiger charge is -2.35. The predicted molar refractivity (Wildman–Crippen MR) is 74.5 cm³/mol. The second-order valence-corrected chi connectivity index (χ2v) is 4.80. The highest BCUT2D eigenvalue weighted by atomic mass is 16.5. The molecule has 0 aromatic heterocycles. The molecule has 0 bridgehead atoms. The van der Waals surface area contributed by atoms with Crippen LogP contribution in [0.3, 0.4) is 0 Å². The van der Waals surface area contributed by atoms with Gasteiger partial charge in [0.05, 0.1) is 20.3 Å². The Hall–Kier alpha value is -1.26. The Morgan fingerprint density at radius 2 is 1.78 bits per heavy atom. The molecule has 0 saturated carbocycles. The van der Waals surface area contributed by atoms with Gasteiger partial charge in [-0.3, -0.25) is 0 Å². The lowest BCUT2D eigenvalue weighted by molar-refractivity contribution is 0.299. The molecule has 1 aromatic carbocycles. The highest BCUT2D eigenvalue weighted by molar-refractivity contribution is 5.43. The number of benzene rings is 1. The summed E-state index contributed by atoms with van der Waals surface area (Å²) in [7, 11) is 7.26. The average molecular weight is 252 g/mol. The van der Waals surface area contributed by atoms with Crippen molar-refractivity contribution in [2.75, 3.05) is 28.3 Å². The number of nitrogens with one attached hydrogen (secondary N) is 2. The molecule has 0 aliphatic carbocycles. The zero-order valence-corrected chi connectivity index (χ0v) is 12.1. The number of methoxy groups -OCH3 is 2. The van der Waals surface area contributed by atoms with E-state index in [0.717, 1.165) is 17.1 Å². The fraction of sp³-hybridized carbons (Fsp3) is 0.571. The summed E-state index contributed by atoms with van der Waals surface area (Å²) in [6.45, 7) is 4.29. The molecule has 1 aromatic rings. The lowest BCUT2D eigenvalue weighted by atomic mass is 9.88. The minimum absolute atomic E-state index is 0.103. The van der Waals surface area contributed by atoms with Crippen molar-refractivity contribution >= 4 is 0 Å². The van der Waals surface area contributed by atoms with Crippen molar-refractivity contribution in [2.24, 2.45) is 0 Å². The minimum atomic E-state index is -0.103. The van der Waals surface area contributed by atoms with Gasteiger partial charge in [0.25, 0.3) is 0 Å². The van der Waals surface area contributed by atoms with E-state index in [9.17, 15) is 0 Å². The van der Waals surface area contributed by atoms with Crippen LogP contribution in [0.1, 0.15) is 25.5 Å². The van der Waals surface area contributed by atoms with Crippen LogP contribution in [0.15, 0.2) is 18.2 Å². The van der Waals surface area contributed by atoms with E-state index in [-0.39, 0.29) is 11.6 Å². The maximum atomic E-state index is 5.44. The predicted octanol–water partition coefficient (Wildman–Crippen LogP) is 1.96. The van der Waals surface area contributed by atoms with Gasteiger partial charge in [-0.15, -0.1) is 0 Å². The maximum Gasteiger partial charge on any atom is 0.123 e. The zero-order valence-electron chi connectivity index (χ0n) is 12.1. The van der Waals surface area contributed by atoms with Crippen molar-refractivity contribution in [3.63, 3.8) is 0 Å². The summed E-state index contributed by atoms with van der Waals surface area (Å²) in [4.78, 5) is 0. The van der Waals surface area contributed by atoms with Crippen LogP contribution >= 0.6 is 0 Å². The second-order valence-electron chi connectivity index (χ2n) is 4.80. The number of ether oxygens (including phenoxy) is 2. The first kappa shape index (κ1) is 14.8. The molecule has 18 heavy (non-hydrogen) atoms. The van der Waals surface area contributed by atoms with Gasteiger partial charge < -0.3 is 20.1 Å². The van der Waals surface area contributed by atoms with Gasteiger partial charge in [0, 0.05) is 11.1 Å². The van der Waals surface area contributed by atoms with Crippen molar-refractivity contribution < 1.29 is 9.47 Å². The van der Waals surface area contributed by atoms with Crippen molar-refractivity contribution in [3.8, 4) is 11.5 Å². The van der Waals surface area contributed by atoms with Crippen molar-refractivity contribution in [1.29, 1.82) is 0 Å². The standard InChI is InChI=1S/C14H24N2O2/c1-14(2,16-4)13(15-3)11-9-10(17-5)7-8-12(11)18-6/h7-9,13,15-16H,1-6H3. The molecule has 1 unspecified atom stereocenters. The van der Waals surface area contributed by atoms with Gasteiger partial charge in [0.1, 0.15) is 11.5 Å². The highest BCUT2D eigenvalue weighted by Gasteiger charge is 2.30. The van der Waals surface area contributed by atoms with E-state index in [1.807, 2.05) is 32.3 Å². The van der Waals surface area contributed by atoms with Crippen molar-refractivity contribution in [1.82, 2.24) is 10.6 Å². The Labute approximate surface area is 110 Å². The fourth-order valence-electron chi connectivity index (χ4n) is 2.11. The van der Waals surface area contributed by atoms with Gasteiger partial charge in [-0.05, 0) is 46.1 Å². The quantitative estimate of drug-likeness (QED) is 0.812. The van der Waals surface area contributed by atoms with Gasteiger partial charge in [-0.1, -0.05) is 0 Å². The largest absolute Gasteiger partial charge is 0.497 e. The van der Waals surface area contributed by atoms with Crippen molar-refractivity contribution in [3.05, 3.63) is 23.8 Å². The molecule has 0 aliphatic heterocycles. The van der Waals surface area contributed by atoms with Crippen LogP contribution < -0.4 is 20.1 Å². The highest BCUT2D eigenvalue weighted by Crippen LogP contribution is 2.34.